The van der Waals surface area contributed by atoms with Crippen LogP contribution in [0.15, 0.2) is 77.7 Å². The molecule has 0 atom stereocenters. The molecule has 4 aromatic rings. The molecule has 1 fully saturated rings. The monoisotopic (exact) mass is 499 g/mol. The van der Waals surface area contributed by atoms with Gasteiger partial charge in [-0.1, -0.05) is 30.3 Å². The molecular formula is C27H29N7OS. The van der Waals surface area contributed by atoms with Gasteiger partial charge in [-0.15, -0.1) is 16.9 Å². The maximum atomic E-state index is 13.2. The van der Waals surface area contributed by atoms with Gasteiger partial charge in [-0.3, -0.25) is 4.79 Å². The minimum Gasteiger partial charge on any atom is -0.369 e. The van der Waals surface area contributed by atoms with E-state index in [0.29, 0.717) is 11.3 Å². The summed E-state index contributed by atoms with van der Waals surface area (Å²) < 4.78 is 1.72. The zero-order valence-corrected chi connectivity index (χ0v) is 21.3. The third-order valence-electron chi connectivity index (χ3n) is 6.32. The Balaban J connectivity index is 1.27. The number of aromatic nitrogens is 4. The van der Waals surface area contributed by atoms with E-state index in [2.05, 4.69) is 56.7 Å². The van der Waals surface area contributed by atoms with Gasteiger partial charge in [0.05, 0.1) is 17.0 Å². The van der Waals surface area contributed by atoms with Crippen LogP contribution in [0.1, 0.15) is 21.7 Å². The number of benzene rings is 3. The number of nitrogens with zero attached hydrogens (tertiary/aromatic N) is 6. The lowest BCUT2D eigenvalue weighted by Gasteiger charge is -2.35. The molecule has 2 heterocycles. The van der Waals surface area contributed by atoms with Gasteiger partial charge in [0, 0.05) is 42.4 Å². The van der Waals surface area contributed by atoms with Gasteiger partial charge in [0.1, 0.15) is 0 Å². The van der Waals surface area contributed by atoms with Crippen LogP contribution >= 0.6 is 11.8 Å². The number of anilines is 2. The number of thioether (sulfide) groups is 1. The van der Waals surface area contributed by atoms with E-state index in [0.717, 1.165) is 53.8 Å². The Morgan fingerprint density at radius 2 is 1.72 bits per heavy atom. The fourth-order valence-corrected chi connectivity index (χ4v) is 5.28. The predicted octanol–water partition coefficient (Wildman–Crippen LogP) is 4.27. The minimum atomic E-state index is -0.132. The normalized spacial score (nSPS) is 14.1. The molecule has 1 aliphatic heterocycles. The number of amides is 1. The lowest BCUT2D eigenvalue weighted by Crippen LogP contribution is -2.44. The molecular weight excluding hydrogens is 470 g/mol. The molecule has 0 unspecified atom stereocenters. The number of tetrazole rings is 1. The summed E-state index contributed by atoms with van der Waals surface area (Å²) in [5.74, 6) is 1.12. The lowest BCUT2D eigenvalue weighted by atomic mass is 10.1. The average Bonchev–Trinajstić information content (AvgIpc) is 3.38. The van der Waals surface area contributed by atoms with Gasteiger partial charge in [-0.05, 0) is 72.4 Å². The van der Waals surface area contributed by atoms with Crippen LogP contribution in [0, 0.1) is 6.92 Å². The summed E-state index contributed by atoms with van der Waals surface area (Å²) in [5.41, 5.74) is 4.71. The highest BCUT2D eigenvalue weighted by Gasteiger charge is 2.18. The third-order valence-corrected chi connectivity index (χ3v) is 7.39. The maximum absolute atomic E-state index is 13.2. The Morgan fingerprint density at radius 3 is 2.50 bits per heavy atom. The molecule has 0 aliphatic carbocycles. The number of rotatable bonds is 7. The Hall–Kier alpha value is -3.69. The van der Waals surface area contributed by atoms with Gasteiger partial charge in [0.15, 0.2) is 5.82 Å². The highest BCUT2D eigenvalue weighted by Crippen LogP contribution is 2.28. The molecule has 1 saturated heterocycles. The van der Waals surface area contributed by atoms with Crippen molar-refractivity contribution in [2.45, 2.75) is 17.6 Å². The number of carbonyl (C=O) groups excluding carboxylic acids is 1. The Bertz CT molecular complexity index is 1330. The summed E-state index contributed by atoms with van der Waals surface area (Å²) in [6.45, 7) is 6.25. The fourth-order valence-electron chi connectivity index (χ4n) is 4.32. The molecule has 1 aromatic heterocycles. The van der Waals surface area contributed by atoms with Crippen LogP contribution in [-0.2, 0) is 5.75 Å². The fraction of sp³-hybridized carbons (Fsp3) is 0.259. The second-order valence-electron chi connectivity index (χ2n) is 8.87. The van der Waals surface area contributed by atoms with E-state index in [-0.39, 0.29) is 5.91 Å². The first-order valence-electron chi connectivity index (χ1n) is 12.0. The summed E-state index contributed by atoms with van der Waals surface area (Å²) in [6, 6.07) is 23.6. The number of hydrogen-bond acceptors (Lipinski definition) is 7. The topological polar surface area (TPSA) is 79.2 Å². The molecule has 9 heteroatoms. The second-order valence-corrected chi connectivity index (χ2v) is 9.89. The molecule has 5 rings (SSSR count). The smallest absolute Gasteiger partial charge is 0.256 e. The van der Waals surface area contributed by atoms with E-state index in [9.17, 15) is 4.79 Å². The number of aryl methyl sites for hydroxylation is 1. The minimum absolute atomic E-state index is 0.132. The van der Waals surface area contributed by atoms with E-state index in [1.54, 1.807) is 16.4 Å². The van der Waals surface area contributed by atoms with Gasteiger partial charge in [0.25, 0.3) is 5.91 Å². The van der Waals surface area contributed by atoms with Crippen LogP contribution < -0.4 is 10.2 Å². The van der Waals surface area contributed by atoms with Crippen molar-refractivity contribution in [2.75, 3.05) is 43.4 Å². The van der Waals surface area contributed by atoms with Crippen LogP contribution in [0.2, 0.25) is 0 Å². The summed E-state index contributed by atoms with van der Waals surface area (Å²) in [6.07, 6.45) is 0. The van der Waals surface area contributed by atoms with Crippen molar-refractivity contribution < 1.29 is 4.79 Å². The molecule has 8 nitrogen and oxygen atoms in total. The van der Waals surface area contributed by atoms with Crippen molar-refractivity contribution >= 4 is 29.0 Å². The molecule has 3 aromatic carbocycles. The SMILES string of the molecule is Cc1cc(NC(=O)c2ccccc2SCc2nnnn2-c2ccccc2)ccc1N1CCN(C)CC1. The van der Waals surface area contributed by atoms with E-state index < -0.39 is 0 Å². The van der Waals surface area contributed by atoms with Crippen LogP contribution in [-0.4, -0.2) is 64.2 Å². The molecule has 184 valence electrons. The number of hydrogen-bond donors (Lipinski definition) is 1. The summed E-state index contributed by atoms with van der Waals surface area (Å²) >= 11 is 1.54. The zero-order chi connectivity index (χ0) is 24.9. The Labute approximate surface area is 215 Å². The summed E-state index contributed by atoms with van der Waals surface area (Å²) in [7, 11) is 2.16. The number of likely N-dealkylation sites (N-methyl/N-ethyl adjacent to an activating group) is 1. The largest absolute Gasteiger partial charge is 0.369 e. The maximum Gasteiger partial charge on any atom is 0.256 e. The molecule has 1 N–H and O–H groups in total. The second kappa shape index (κ2) is 10.9. The van der Waals surface area contributed by atoms with Crippen LogP contribution in [0.4, 0.5) is 11.4 Å². The predicted molar refractivity (Wildman–Crippen MR) is 144 cm³/mol. The number of piperazine rings is 1. The molecule has 0 radical (unpaired) electrons. The summed E-state index contributed by atoms with van der Waals surface area (Å²) in [5, 5.41) is 15.2. The van der Waals surface area contributed by atoms with E-state index in [4.69, 9.17) is 0 Å². The standard InChI is InChI=1S/C27H29N7OS/c1-20-18-21(12-13-24(20)33-16-14-32(2)15-17-33)28-27(35)23-10-6-7-11-25(23)36-19-26-29-30-31-34(26)22-8-4-3-5-9-22/h3-13,18H,14-17,19H2,1-2H3,(H,28,35). The van der Waals surface area contributed by atoms with Gasteiger partial charge in [-0.25, -0.2) is 0 Å². The number of nitrogens with one attached hydrogen (secondary N) is 1. The zero-order valence-electron chi connectivity index (χ0n) is 20.5. The number of para-hydroxylation sites is 1. The van der Waals surface area contributed by atoms with Crippen molar-refractivity contribution in [2.24, 2.45) is 0 Å². The molecule has 36 heavy (non-hydrogen) atoms. The van der Waals surface area contributed by atoms with Gasteiger partial charge < -0.3 is 15.1 Å². The van der Waals surface area contributed by atoms with Crippen molar-refractivity contribution in [1.29, 1.82) is 0 Å². The van der Waals surface area contributed by atoms with Crippen molar-refractivity contribution in [3.05, 3.63) is 89.7 Å². The van der Waals surface area contributed by atoms with Crippen LogP contribution in [0.25, 0.3) is 5.69 Å². The van der Waals surface area contributed by atoms with Crippen LogP contribution in [0.3, 0.4) is 0 Å². The lowest BCUT2D eigenvalue weighted by molar-refractivity contribution is 0.102. The highest BCUT2D eigenvalue weighted by atomic mass is 32.2. The first-order valence-corrected chi connectivity index (χ1v) is 13.0. The number of carbonyl (C=O) groups is 1. The molecule has 0 bridgehead atoms. The molecule has 1 amide bonds. The third kappa shape index (κ3) is 5.42. The molecule has 0 saturated carbocycles. The Morgan fingerprint density at radius 1 is 0.972 bits per heavy atom. The van der Waals surface area contributed by atoms with Crippen molar-refractivity contribution in [3.8, 4) is 5.69 Å². The van der Waals surface area contributed by atoms with E-state index in [1.807, 2.05) is 60.7 Å². The van der Waals surface area contributed by atoms with E-state index >= 15 is 0 Å². The summed E-state index contributed by atoms with van der Waals surface area (Å²) in [4.78, 5) is 18.9. The van der Waals surface area contributed by atoms with E-state index in [1.165, 1.54) is 5.69 Å². The highest BCUT2D eigenvalue weighted by molar-refractivity contribution is 7.98. The van der Waals surface area contributed by atoms with Gasteiger partial charge in [0.2, 0.25) is 0 Å². The van der Waals surface area contributed by atoms with Crippen LogP contribution in [0.5, 0.6) is 0 Å². The first kappa shape index (κ1) is 24.0. The molecule has 1 aliphatic rings. The van der Waals surface area contributed by atoms with Crippen molar-refractivity contribution in [1.82, 2.24) is 25.1 Å². The molecule has 0 spiro atoms. The quantitative estimate of drug-likeness (QED) is 0.381. The first-order chi connectivity index (χ1) is 17.6. The Kier molecular flexibility index (Phi) is 7.29. The van der Waals surface area contributed by atoms with Gasteiger partial charge >= 0.3 is 0 Å². The van der Waals surface area contributed by atoms with Crippen molar-refractivity contribution in [3.63, 3.8) is 0 Å². The van der Waals surface area contributed by atoms with Gasteiger partial charge in [-0.2, -0.15) is 4.68 Å². The average molecular weight is 500 g/mol.